The highest BCUT2D eigenvalue weighted by atomic mass is 35.5. The van der Waals surface area contributed by atoms with Crippen molar-refractivity contribution in [3.8, 4) is 11.8 Å². The Morgan fingerprint density at radius 2 is 2.00 bits per heavy atom. The van der Waals surface area contributed by atoms with E-state index in [0.717, 1.165) is 11.1 Å². The second kappa shape index (κ2) is 18.4. The summed E-state index contributed by atoms with van der Waals surface area (Å²) in [7, 11) is 8.76. The zero-order valence-corrected chi connectivity index (χ0v) is 35.9. The molecule has 1 aromatic rings. The van der Waals surface area contributed by atoms with Crippen molar-refractivity contribution in [2.24, 2.45) is 5.92 Å². The molecule has 0 saturated carbocycles. The first-order chi connectivity index (χ1) is 26.3. The Hall–Kier alpha value is -3.46. The van der Waals surface area contributed by atoms with Crippen LogP contribution < -0.4 is 15.0 Å². The summed E-state index contributed by atoms with van der Waals surface area (Å²) >= 11 is 6.77. The third-order valence-corrected chi connectivity index (χ3v) is 13.7. The van der Waals surface area contributed by atoms with Gasteiger partial charge in [-0.3, -0.25) is 14.9 Å². The number of esters is 1. The highest BCUT2D eigenvalue weighted by Gasteiger charge is 2.64. The van der Waals surface area contributed by atoms with Crippen molar-refractivity contribution < 1.29 is 48.0 Å². The Morgan fingerprint density at radius 3 is 2.62 bits per heavy atom. The number of nitrogens with one attached hydrogen (secondary N) is 1. The summed E-state index contributed by atoms with van der Waals surface area (Å²) in [5.41, 5.74) is -1.01. The van der Waals surface area contributed by atoms with Crippen LogP contribution in [-0.4, -0.2) is 115 Å². The van der Waals surface area contributed by atoms with E-state index in [1.54, 1.807) is 52.1 Å². The van der Waals surface area contributed by atoms with Crippen molar-refractivity contribution in [2.75, 3.05) is 39.5 Å². The highest BCUT2D eigenvalue weighted by Crippen LogP contribution is 2.49. The van der Waals surface area contributed by atoms with Crippen LogP contribution >= 0.6 is 33.2 Å². The van der Waals surface area contributed by atoms with Crippen LogP contribution in [0.25, 0.3) is 0 Å². The largest absolute Gasteiger partial charge is 0.495 e. The molecule has 2 fully saturated rings. The monoisotopic (exact) mass is 836 g/mol. The minimum Gasteiger partial charge on any atom is -0.495 e. The Morgan fingerprint density at radius 1 is 1.30 bits per heavy atom. The number of carbonyl (C=O) groups excluding carboxylic acids is 4. The summed E-state index contributed by atoms with van der Waals surface area (Å²) in [5, 5.41) is 24.1. The van der Waals surface area contributed by atoms with E-state index in [4.69, 9.17) is 35.3 Å². The minimum absolute atomic E-state index is 0.0263. The Balaban J connectivity index is 1.71. The molecule has 0 aromatic heterocycles. The molecular formula is C39H53ClN4O10S2. The third-order valence-electron chi connectivity index (χ3n) is 10.8. The lowest BCUT2D eigenvalue weighted by atomic mass is 9.83. The fraction of sp³-hybridized carbons (Fsp3) is 0.615. The van der Waals surface area contributed by atoms with E-state index in [-0.39, 0.29) is 36.6 Å². The van der Waals surface area contributed by atoms with Crippen molar-refractivity contribution in [1.29, 1.82) is 5.26 Å². The molecule has 1 aromatic carbocycles. The van der Waals surface area contributed by atoms with Gasteiger partial charge in [0.2, 0.25) is 11.8 Å². The number of alkyl carbamates (subject to hydrolysis) is 1. The second-order valence-corrected chi connectivity index (χ2v) is 18.3. The standard InChI is InChI=1S/C39H53ClN4O10S2/c1-22-12-11-13-29(51-9)39(49)20-28(52-36(48)42-39)23(2)34-38(5,54-34)30(19-32(46)44(7)26-17-25(16-22)18-27(50-8)33(26)40)53-35(47)24(3)43(6)31(45)14-15-37(4,21-41)56-55-10/h11-13,17-18,23-24,28-30,34,49H,14-16,19-20H2,1-10H3,(H,42,48)/b13-11+,22-12+/t23-,24+,28+,29-,30+,34+,37?,38+,39+/m1/s1. The number of amides is 3. The molecule has 3 heterocycles. The molecule has 1 unspecified atom stereocenters. The van der Waals surface area contributed by atoms with E-state index >= 15 is 0 Å². The smallest absolute Gasteiger partial charge is 0.409 e. The van der Waals surface area contributed by atoms with Gasteiger partial charge in [-0.1, -0.05) is 63.9 Å². The second-order valence-electron chi connectivity index (χ2n) is 15.0. The summed E-state index contributed by atoms with van der Waals surface area (Å²) in [4.78, 5) is 56.8. The van der Waals surface area contributed by atoms with Crippen molar-refractivity contribution in [3.63, 3.8) is 0 Å². The van der Waals surface area contributed by atoms with Gasteiger partial charge in [-0.05, 0) is 64.5 Å². The van der Waals surface area contributed by atoms with E-state index in [9.17, 15) is 29.5 Å². The molecule has 2 saturated heterocycles. The van der Waals surface area contributed by atoms with Crippen LogP contribution in [0.15, 0.2) is 35.9 Å². The van der Waals surface area contributed by atoms with E-state index in [1.807, 2.05) is 19.3 Å². The van der Waals surface area contributed by atoms with Crippen LogP contribution in [0.3, 0.4) is 0 Å². The van der Waals surface area contributed by atoms with E-state index in [1.165, 1.54) is 59.6 Å². The fourth-order valence-corrected chi connectivity index (χ4v) is 9.41. The van der Waals surface area contributed by atoms with Crippen LogP contribution in [-0.2, 0) is 39.8 Å². The number of hydrogen-bond acceptors (Lipinski definition) is 13. The third kappa shape index (κ3) is 10.2. The zero-order chi connectivity index (χ0) is 41.7. The predicted molar refractivity (Wildman–Crippen MR) is 215 cm³/mol. The topological polar surface area (TPSA) is 180 Å². The van der Waals surface area contributed by atoms with Crippen molar-refractivity contribution in [2.45, 2.75) is 113 Å². The number of fused-ring (bicyclic) bond motifs is 5. The predicted octanol–water partition coefficient (Wildman–Crippen LogP) is 5.59. The first-order valence-electron chi connectivity index (χ1n) is 18.2. The first-order valence-corrected chi connectivity index (χ1v) is 21.2. The van der Waals surface area contributed by atoms with Gasteiger partial charge in [-0.25, -0.2) is 9.59 Å². The zero-order valence-electron chi connectivity index (χ0n) is 33.5. The highest BCUT2D eigenvalue weighted by molar-refractivity contribution is 8.77. The van der Waals surface area contributed by atoms with E-state index < -0.39 is 70.4 Å². The number of likely N-dealkylation sites (N-methyl/N-ethyl adjacent to an activating group) is 1. The number of halogens is 1. The van der Waals surface area contributed by atoms with Crippen molar-refractivity contribution >= 4 is 62.8 Å². The molecule has 4 bridgehead atoms. The van der Waals surface area contributed by atoms with E-state index in [2.05, 4.69) is 11.4 Å². The molecule has 4 rings (SSSR count). The molecule has 17 heteroatoms. The number of rotatable bonds is 10. The Bertz CT molecular complexity index is 1770. The molecule has 14 nitrogen and oxygen atoms in total. The number of nitriles is 1. The maximum absolute atomic E-state index is 14.2. The average Bonchev–Trinajstić information content (AvgIpc) is 3.85. The maximum atomic E-state index is 14.2. The van der Waals surface area contributed by atoms with Gasteiger partial charge in [0, 0.05) is 40.0 Å². The summed E-state index contributed by atoms with van der Waals surface area (Å²) in [6.45, 7) is 8.69. The number of anilines is 1. The molecule has 9 atom stereocenters. The molecule has 2 N–H and O–H groups in total. The van der Waals surface area contributed by atoms with E-state index in [0.29, 0.717) is 17.9 Å². The summed E-state index contributed by atoms with van der Waals surface area (Å²) < 4.78 is 28.5. The minimum atomic E-state index is -1.84. The number of methoxy groups -OCH3 is 2. The quantitative estimate of drug-likeness (QED) is 0.169. The molecule has 56 heavy (non-hydrogen) atoms. The van der Waals surface area contributed by atoms with Gasteiger partial charge in [0.05, 0.1) is 31.4 Å². The summed E-state index contributed by atoms with van der Waals surface area (Å²) in [6, 6.07) is 4.76. The lowest BCUT2D eigenvalue weighted by molar-refractivity contribution is -0.162. The van der Waals surface area contributed by atoms with Gasteiger partial charge in [-0.15, -0.1) is 0 Å². The maximum Gasteiger partial charge on any atom is 0.409 e. The number of hydrogen-bond donors (Lipinski definition) is 2. The molecular weight excluding hydrogens is 784 g/mol. The van der Waals surface area contributed by atoms with Crippen LogP contribution in [0.4, 0.5) is 10.5 Å². The molecule has 0 aliphatic carbocycles. The van der Waals surface area contributed by atoms with Gasteiger partial charge in [0.15, 0.2) is 5.72 Å². The lowest BCUT2D eigenvalue weighted by Crippen LogP contribution is -2.63. The number of allylic oxidation sites excluding steroid dienone is 3. The van der Waals surface area contributed by atoms with Crippen molar-refractivity contribution in [3.05, 3.63) is 46.5 Å². The average molecular weight is 837 g/mol. The Kier molecular flexibility index (Phi) is 14.9. The van der Waals surface area contributed by atoms with Crippen LogP contribution in [0.2, 0.25) is 5.02 Å². The number of carbonyl (C=O) groups is 4. The summed E-state index contributed by atoms with van der Waals surface area (Å²) in [6.07, 6.45) is 2.90. The van der Waals surface area contributed by atoms with Crippen LogP contribution in [0.5, 0.6) is 5.75 Å². The van der Waals surface area contributed by atoms with Gasteiger partial charge in [0.25, 0.3) is 0 Å². The SMILES string of the molecule is COc1cc2cc(c1Cl)N(C)C(=O)C[C@H](OC(=O)[C@H](C)N(C)C(=O)CCC(C)(C#N)SSC)[C@]1(C)O[C@H]1[C@H](C)[C@@H]1C[C@@](O)(NC(=O)O1)[C@H](OC)/C=C/C=C(\C)C2. The van der Waals surface area contributed by atoms with Crippen LogP contribution in [0.1, 0.15) is 65.9 Å². The molecule has 3 aliphatic rings. The fourth-order valence-electron chi connectivity index (χ4n) is 7.04. The van der Waals surface area contributed by atoms with Gasteiger partial charge >= 0.3 is 12.1 Å². The molecule has 308 valence electrons. The number of epoxide rings is 1. The number of aliphatic hydroxyl groups is 1. The molecule has 0 spiro atoms. The number of benzene rings is 1. The summed E-state index contributed by atoms with van der Waals surface area (Å²) in [5.74, 6) is -1.78. The van der Waals surface area contributed by atoms with Gasteiger partial charge in [0.1, 0.15) is 45.5 Å². The molecule has 0 radical (unpaired) electrons. The first kappa shape index (κ1) is 45.2. The number of ether oxygens (including phenoxy) is 5. The normalized spacial score (nSPS) is 31.2. The number of nitrogens with zero attached hydrogens (tertiary/aromatic N) is 3. The van der Waals surface area contributed by atoms with Gasteiger partial charge < -0.3 is 38.6 Å². The Labute approximate surface area is 341 Å². The van der Waals surface area contributed by atoms with Crippen molar-refractivity contribution in [1.82, 2.24) is 10.2 Å². The lowest BCUT2D eigenvalue weighted by Gasteiger charge is -2.42. The molecule has 3 aliphatic heterocycles. The molecule has 3 amide bonds. The van der Waals surface area contributed by atoms with Gasteiger partial charge in [-0.2, -0.15) is 5.26 Å². The van der Waals surface area contributed by atoms with Crippen LogP contribution in [0, 0.1) is 17.2 Å².